The van der Waals surface area contributed by atoms with Crippen molar-refractivity contribution in [3.05, 3.63) is 57.9 Å². The molecule has 0 unspecified atom stereocenters. The highest BCUT2D eigenvalue weighted by Gasteiger charge is 2.26. The Morgan fingerprint density at radius 2 is 1.58 bits per heavy atom. The van der Waals surface area contributed by atoms with Crippen LogP contribution < -0.4 is 0 Å². The Morgan fingerprint density at radius 3 is 2.15 bits per heavy atom. The molecule has 1 aromatic carbocycles. The average molecular weight is 357 g/mol. The Balaban J connectivity index is 2.13. The highest BCUT2D eigenvalue weighted by molar-refractivity contribution is 6.09. The second kappa shape index (κ2) is 8.24. The van der Waals surface area contributed by atoms with Crippen molar-refractivity contribution in [1.82, 2.24) is 4.98 Å². The Labute approximate surface area is 150 Å². The van der Waals surface area contributed by atoms with E-state index in [-0.39, 0.29) is 23.3 Å². The van der Waals surface area contributed by atoms with Crippen LogP contribution in [0.1, 0.15) is 59.7 Å². The third kappa shape index (κ3) is 4.05. The molecule has 0 spiro atoms. The van der Waals surface area contributed by atoms with Gasteiger partial charge in [-0.3, -0.25) is 9.59 Å². The number of carbonyl (C=O) groups is 4. The summed E-state index contributed by atoms with van der Waals surface area (Å²) in [6.45, 7) is 4.66. The van der Waals surface area contributed by atoms with Gasteiger partial charge in [0.15, 0.2) is 6.61 Å². The molecule has 0 fully saturated rings. The van der Waals surface area contributed by atoms with Gasteiger partial charge in [0.1, 0.15) is 6.29 Å². The molecule has 136 valence electrons. The van der Waals surface area contributed by atoms with Gasteiger partial charge in [0.25, 0.3) is 0 Å². The predicted octanol–water partition coefficient (Wildman–Crippen LogP) is 2.66. The summed E-state index contributed by atoms with van der Waals surface area (Å²) < 4.78 is 10.0. The molecule has 0 saturated carbocycles. The number of ketones is 1. The number of hydrogen-bond donors (Lipinski definition) is 1. The third-order valence-electron chi connectivity index (χ3n) is 3.75. The van der Waals surface area contributed by atoms with Crippen molar-refractivity contribution in [3.8, 4) is 0 Å². The van der Waals surface area contributed by atoms with E-state index in [4.69, 9.17) is 9.47 Å². The van der Waals surface area contributed by atoms with Crippen molar-refractivity contribution in [2.75, 3.05) is 13.2 Å². The van der Waals surface area contributed by atoms with E-state index in [1.54, 1.807) is 20.8 Å². The number of benzene rings is 1. The fourth-order valence-electron chi connectivity index (χ4n) is 2.57. The van der Waals surface area contributed by atoms with Crippen LogP contribution in [0.2, 0.25) is 0 Å². The SMILES string of the molecule is CCOC(=O)c1c(C)[nH]c(C)c1C(=O)COC(=O)c1ccc(C=O)cc1. The van der Waals surface area contributed by atoms with Gasteiger partial charge in [-0.2, -0.15) is 0 Å². The standard InChI is InChI=1S/C19H19NO6/c1-4-25-19(24)17-12(3)20-11(2)16(17)15(22)10-26-18(23)14-7-5-13(9-21)6-8-14/h5-9,20H,4,10H2,1-3H3. The van der Waals surface area contributed by atoms with Crippen LogP contribution in [0.4, 0.5) is 0 Å². The smallest absolute Gasteiger partial charge is 0.340 e. The van der Waals surface area contributed by atoms with Crippen LogP contribution in [0.15, 0.2) is 24.3 Å². The van der Waals surface area contributed by atoms with Crippen LogP contribution in [-0.4, -0.2) is 42.2 Å². The van der Waals surface area contributed by atoms with Gasteiger partial charge in [0.2, 0.25) is 5.78 Å². The second-order valence-corrected chi connectivity index (χ2v) is 5.58. The van der Waals surface area contributed by atoms with Gasteiger partial charge in [0.05, 0.1) is 23.3 Å². The zero-order valence-corrected chi connectivity index (χ0v) is 14.8. The topological polar surface area (TPSA) is 103 Å². The molecule has 2 rings (SSSR count). The lowest BCUT2D eigenvalue weighted by atomic mass is 10.1. The van der Waals surface area contributed by atoms with Gasteiger partial charge in [-0.05, 0) is 32.9 Å². The molecule has 0 aliphatic heterocycles. The van der Waals surface area contributed by atoms with Crippen molar-refractivity contribution in [2.24, 2.45) is 0 Å². The Kier molecular flexibility index (Phi) is 6.06. The average Bonchev–Trinajstić information content (AvgIpc) is 2.93. The van der Waals surface area contributed by atoms with E-state index in [2.05, 4.69) is 4.98 Å². The van der Waals surface area contributed by atoms with E-state index in [1.807, 2.05) is 0 Å². The van der Waals surface area contributed by atoms with Crippen molar-refractivity contribution in [3.63, 3.8) is 0 Å². The number of aromatic nitrogens is 1. The first-order valence-electron chi connectivity index (χ1n) is 8.00. The van der Waals surface area contributed by atoms with Gasteiger partial charge >= 0.3 is 11.9 Å². The lowest BCUT2D eigenvalue weighted by molar-refractivity contribution is 0.0472. The molecule has 0 saturated heterocycles. The number of esters is 2. The molecular formula is C19H19NO6. The zero-order chi connectivity index (χ0) is 19.3. The predicted molar refractivity (Wildman–Crippen MR) is 92.7 cm³/mol. The summed E-state index contributed by atoms with van der Waals surface area (Å²) in [6, 6.07) is 5.83. The van der Waals surface area contributed by atoms with Gasteiger partial charge < -0.3 is 14.5 Å². The van der Waals surface area contributed by atoms with E-state index >= 15 is 0 Å². The quantitative estimate of drug-likeness (QED) is 0.464. The first-order chi connectivity index (χ1) is 12.4. The van der Waals surface area contributed by atoms with E-state index in [9.17, 15) is 19.2 Å². The summed E-state index contributed by atoms with van der Waals surface area (Å²) in [4.78, 5) is 50.2. The maximum absolute atomic E-state index is 12.5. The minimum atomic E-state index is -0.696. The van der Waals surface area contributed by atoms with E-state index in [0.29, 0.717) is 23.2 Å². The molecule has 2 aromatic rings. The van der Waals surface area contributed by atoms with Gasteiger partial charge in [-0.25, -0.2) is 9.59 Å². The molecular weight excluding hydrogens is 338 g/mol. The third-order valence-corrected chi connectivity index (χ3v) is 3.75. The van der Waals surface area contributed by atoms with Gasteiger partial charge in [0, 0.05) is 17.0 Å². The molecule has 0 atom stereocenters. The number of H-pyrrole nitrogens is 1. The molecule has 26 heavy (non-hydrogen) atoms. The van der Waals surface area contributed by atoms with Crippen molar-refractivity contribution in [2.45, 2.75) is 20.8 Å². The number of carbonyl (C=O) groups excluding carboxylic acids is 4. The van der Waals surface area contributed by atoms with Crippen molar-refractivity contribution in [1.29, 1.82) is 0 Å². The number of aryl methyl sites for hydroxylation is 2. The van der Waals surface area contributed by atoms with Crippen LogP contribution in [0.5, 0.6) is 0 Å². The number of aromatic amines is 1. The number of rotatable bonds is 7. The molecule has 1 N–H and O–H groups in total. The van der Waals surface area contributed by atoms with Crippen LogP contribution in [-0.2, 0) is 9.47 Å². The summed E-state index contributed by atoms with van der Waals surface area (Å²) in [5, 5.41) is 0. The first-order valence-corrected chi connectivity index (χ1v) is 8.00. The number of ether oxygens (including phenoxy) is 2. The second-order valence-electron chi connectivity index (χ2n) is 5.58. The number of hydrogen-bond acceptors (Lipinski definition) is 6. The zero-order valence-electron chi connectivity index (χ0n) is 14.8. The molecule has 7 heteroatoms. The lowest BCUT2D eigenvalue weighted by Gasteiger charge is -2.07. The minimum Gasteiger partial charge on any atom is -0.462 e. The van der Waals surface area contributed by atoms with E-state index in [1.165, 1.54) is 24.3 Å². The minimum absolute atomic E-state index is 0.153. The normalized spacial score (nSPS) is 10.3. The maximum Gasteiger partial charge on any atom is 0.340 e. The number of Topliss-reactive ketones (excluding diaryl/α,β-unsaturated/α-hetero) is 1. The fraction of sp³-hybridized carbons (Fsp3) is 0.263. The number of nitrogens with one attached hydrogen (secondary N) is 1. The molecule has 1 aromatic heterocycles. The summed E-state index contributed by atoms with van der Waals surface area (Å²) in [7, 11) is 0. The van der Waals surface area contributed by atoms with Crippen LogP contribution in [0, 0.1) is 13.8 Å². The Bertz CT molecular complexity index is 848. The van der Waals surface area contributed by atoms with Crippen LogP contribution in [0.25, 0.3) is 0 Å². The molecule has 0 amide bonds. The monoisotopic (exact) mass is 357 g/mol. The molecule has 7 nitrogen and oxygen atoms in total. The fourth-order valence-corrected chi connectivity index (χ4v) is 2.57. The number of aldehydes is 1. The van der Waals surface area contributed by atoms with Crippen LogP contribution >= 0.6 is 0 Å². The largest absolute Gasteiger partial charge is 0.462 e. The molecule has 1 heterocycles. The summed E-state index contributed by atoms with van der Waals surface area (Å²) in [5.41, 5.74) is 1.97. The first kappa shape index (κ1) is 19.1. The Morgan fingerprint density at radius 1 is 0.962 bits per heavy atom. The van der Waals surface area contributed by atoms with E-state index in [0.717, 1.165) is 0 Å². The maximum atomic E-state index is 12.5. The highest BCUT2D eigenvalue weighted by atomic mass is 16.5. The molecule has 0 aliphatic carbocycles. The van der Waals surface area contributed by atoms with Crippen molar-refractivity contribution >= 4 is 24.0 Å². The molecule has 0 bridgehead atoms. The molecule has 0 aliphatic rings. The lowest BCUT2D eigenvalue weighted by Crippen LogP contribution is -2.18. The van der Waals surface area contributed by atoms with Gasteiger partial charge in [-0.15, -0.1) is 0 Å². The van der Waals surface area contributed by atoms with Gasteiger partial charge in [-0.1, -0.05) is 12.1 Å². The summed E-state index contributed by atoms with van der Waals surface area (Å²) in [5.74, 6) is -1.81. The van der Waals surface area contributed by atoms with E-state index < -0.39 is 24.3 Å². The summed E-state index contributed by atoms with van der Waals surface area (Å²) in [6.07, 6.45) is 0.659. The summed E-state index contributed by atoms with van der Waals surface area (Å²) >= 11 is 0. The van der Waals surface area contributed by atoms with Crippen LogP contribution in [0.3, 0.4) is 0 Å². The highest BCUT2D eigenvalue weighted by Crippen LogP contribution is 2.20. The molecule has 0 radical (unpaired) electrons. The Hall–Kier alpha value is -3.22. The van der Waals surface area contributed by atoms with Crippen molar-refractivity contribution < 1.29 is 28.7 Å².